The molecule has 90 valence electrons. The van der Waals surface area contributed by atoms with Crippen LogP contribution < -0.4 is 5.73 Å². The van der Waals surface area contributed by atoms with E-state index in [0.717, 1.165) is 25.2 Å². The fraction of sp³-hybridized carbons (Fsp3) is 0.545. The van der Waals surface area contributed by atoms with Gasteiger partial charge in [0.25, 0.3) is 5.89 Å². The van der Waals surface area contributed by atoms with Crippen molar-refractivity contribution in [2.45, 2.75) is 31.7 Å². The first-order valence-electron chi connectivity index (χ1n) is 5.78. The SMILES string of the molecule is CC1(c2noc(-c3cn(CCN)cn3)n2)CC1. The highest BCUT2D eigenvalue weighted by Crippen LogP contribution is 2.46. The second kappa shape index (κ2) is 3.66. The lowest BCUT2D eigenvalue weighted by atomic mass is 10.1. The summed E-state index contributed by atoms with van der Waals surface area (Å²) in [7, 11) is 0. The van der Waals surface area contributed by atoms with Gasteiger partial charge in [-0.25, -0.2) is 4.98 Å². The average molecular weight is 233 g/mol. The first-order chi connectivity index (χ1) is 8.21. The quantitative estimate of drug-likeness (QED) is 0.849. The summed E-state index contributed by atoms with van der Waals surface area (Å²) in [6.07, 6.45) is 5.87. The molecule has 0 aromatic carbocycles. The fourth-order valence-electron chi connectivity index (χ4n) is 1.73. The molecule has 3 rings (SSSR count). The molecule has 0 saturated heterocycles. The minimum absolute atomic E-state index is 0.127. The molecule has 1 aliphatic rings. The van der Waals surface area contributed by atoms with Crippen LogP contribution in [-0.2, 0) is 12.0 Å². The Balaban J connectivity index is 1.85. The summed E-state index contributed by atoms with van der Waals surface area (Å²) in [4.78, 5) is 8.63. The van der Waals surface area contributed by atoms with Crippen LogP contribution in [0.15, 0.2) is 17.0 Å². The molecular formula is C11H15N5O. The molecule has 0 atom stereocenters. The van der Waals surface area contributed by atoms with Gasteiger partial charge in [-0.3, -0.25) is 0 Å². The zero-order valence-corrected chi connectivity index (χ0v) is 9.76. The van der Waals surface area contributed by atoms with Crippen molar-refractivity contribution in [2.24, 2.45) is 5.73 Å². The Morgan fingerprint density at radius 1 is 1.53 bits per heavy atom. The molecule has 6 heteroatoms. The van der Waals surface area contributed by atoms with Crippen LogP contribution in [0.5, 0.6) is 0 Å². The second-order valence-electron chi connectivity index (χ2n) is 4.77. The van der Waals surface area contributed by atoms with Crippen LogP contribution in [0.2, 0.25) is 0 Å². The van der Waals surface area contributed by atoms with Crippen molar-refractivity contribution in [3.63, 3.8) is 0 Å². The van der Waals surface area contributed by atoms with Crippen LogP contribution in [0.3, 0.4) is 0 Å². The summed E-state index contributed by atoms with van der Waals surface area (Å²) in [5.74, 6) is 1.28. The predicted octanol–water partition coefficient (Wildman–Crippen LogP) is 0.943. The Morgan fingerprint density at radius 2 is 2.35 bits per heavy atom. The van der Waals surface area contributed by atoms with E-state index in [1.54, 1.807) is 6.33 Å². The van der Waals surface area contributed by atoms with Gasteiger partial charge in [0.2, 0.25) is 0 Å². The summed E-state index contributed by atoms with van der Waals surface area (Å²) in [5, 5.41) is 4.02. The maximum atomic E-state index is 5.48. The maximum Gasteiger partial charge on any atom is 0.278 e. The molecule has 1 saturated carbocycles. The zero-order chi connectivity index (χ0) is 11.9. The monoisotopic (exact) mass is 233 g/mol. The van der Waals surface area contributed by atoms with E-state index in [2.05, 4.69) is 22.0 Å². The predicted molar refractivity (Wildman–Crippen MR) is 61.2 cm³/mol. The molecule has 1 fully saturated rings. The largest absolute Gasteiger partial charge is 0.335 e. The van der Waals surface area contributed by atoms with E-state index in [9.17, 15) is 0 Å². The third-order valence-electron chi connectivity index (χ3n) is 3.21. The second-order valence-corrected chi connectivity index (χ2v) is 4.77. The minimum Gasteiger partial charge on any atom is -0.335 e. The Morgan fingerprint density at radius 3 is 3.06 bits per heavy atom. The van der Waals surface area contributed by atoms with Crippen molar-refractivity contribution >= 4 is 0 Å². The molecule has 2 heterocycles. The van der Waals surface area contributed by atoms with Gasteiger partial charge in [-0.2, -0.15) is 4.98 Å². The standard InChI is InChI=1S/C11H15N5O/c1-11(2-3-11)10-14-9(17-15-10)8-6-16(5-4-12)7-13-8/h6-7H,2-5,12H2,1H3. The van der Waals surface area contributed by atoms with E-state index >= 15 is 0 Å². The van der Waals surface area contributed by atoms with Crippen LogP contribution >= 0.6 is 0 Å². The molecule has 2 aromatic rings. The molecule has 2 N–H and O–H groups in total. The lowest BCUT2D eigenvalue weighted by molar-refractivity contribution is 0.415. The lowest BCUT2D eigenvalue weighted by Gasteiger charge is -1.96. The normalized spacial score (nSPS) is 17.3. The van der Waals surface area contributed by atoms with Gasteiger partial charge in [0.1, 0.15) is 5.69 Å². The van der Waals surface area contributed by atoms with Crippen LogP contribution in [0.25, 0.3) is 11.6 Å². The number of imidazole rings is 1. The Labute approximate surface area is 98.8 Å². The lowest BCUT2D eigenvalue weighted by Crippen LogP contribution is -2.07. The van der Waals surface area contributed by atoms with Crippen molar-refractivity contribution in [2.75, 3.05) is 6.54 Å². The molecule has 0 unspecified atom stereocenters. The van der Waals surface area contributed by atoms with Gasteiger partial charge in [-0.15, -0.1) is 0 Å². The van der Waals surface area contributed by atoms with Gasteiger partial charge < -0.3 is 14.8 Å². The van der Waals surface area contributed by atoms with Crippen LogP contribution in [0.1, 0.15) is 25.6 Å². The van der Waals surface area contributed by atoms with Gasteiger partial charge >= 0.3 is 0 Å². The van der Waals surface area contributed by atoms with Gasteiger partial charge in [-0.1, -0.05) is 12.1 Å². The van der Waals surface area contributed by atoms with Gasteiger partial charge in [0.05, 0.1) is 6.33 Å². The summed E-state index contributed by atoms with van der Waals surface area (Å²) < 4.78 is 7.16. The highest BCUT2D eigenvalue weighted by molar-refractivity contribution is 5.44. The minimum atomic E-state index is 0.127. The topological polar surface area (TPSA) is 82.8 Å². The Hall–Kier alpha value is -1.69. The number of aromatic nitrogens is 4. The van der Waals surface area contributed by atoms with Crippen LogP contribution in [0.4, 0.5) is 0 Å². The number of nitrogens with two attached hydrogens (primary N) is 1. The first-order valence-corrected chi connectivity index (χ1v) is 5.78. The summed E-state index contributed by atoms with van der Waals surface area (Å²) in [6.45, 7) is 3.48. The van der Waals surface area contributed by atoms with E-state index in [0.29, 0.717) is 18.1 Å². The highest BCUT2D eigenvalue weighted by atomic mass is 16.5. The molecule has 6 nitrogen and oxygen atoms in total. The first kappa shape index (κ1) is 10.5. The maximum absolute atomic E-state index is 5.48. The Kier molecular flexibility index (Phi) is 2.25. The molecule has 0 radical (unpaired) electrons. The summed E-state index contributed by atoms with van der Waals surface area (Å²) in [6, 6.07) is 0. The van der Waals surface area contributed by atoms with Crippen LogP contribution in [-0.4, -0.2) is 26.2 Å². The van der Waals surface area contributed by atoms with E-state index in [-0.39, 0.29) is 5.41 Å². The number of rotatable bonds is 4. The molecule has 17 heavy (non-hydrogen) atoms. The molecule has 1 aliphatic carbocycles. The van der Waals surface area contributed by atoms with Crippen LogP contribution in [0, 0.1) is 0 Å². The molecular weight excluding hydrogens is 218 g/mol. The number of hydrogen-bond donors (Lipinski definition) is 1. The van der Waals surface area contributed by atoms with Crippen molar-refractivity contribution in [1.29, 1.82) is 0 Å². The van der Waals surface area contributed by atoms with Gasteiger partial charge in [0, 0.05) is 24.7 Å². The van der Waals surface area contributed by atoms with E-state index in [1.807, 2.05) is 10.8 Å². The Bertz CT molecular complexity index is 525. The number of hydrogen-bond acceptors (Lipinski definition) is 5. The smallest absolute Gasteiger partial charge is 0.278 e. The number of nitrogens with zero attached hydrogens (tertiary/aromatic N) is 4. The van der Waals surface area contributed by atoms with Crippen molar-refractivity contribution < 1.29 is 4.52 Å². The third-order valence-corrected chi connectivity index (χ3v) is 3.21. The van der Waals surface area contributed by atoms with Gasteiger partial charge in [0.15, 0.2) is 5.82 Å². The summed E-state index contributed by atoms with van der Waals surface area (Å²) >= 11 is 0. The van der Waals surface area contributed by atoms with Gasteiger partial charge in [-0.05, 0) is 12.8 Å². The molecule has 0 aliphatic heterocycles. The van der Waals surface area contributed by atoms with Crippen molar-refractivity contribution in [3.05, 3.63) is 18.3 Å². The van der Waals surface area contributed by atoms with E-state index in [1.165, 1.54) is 0 Å². The average Bonchev–Trinajstić information content (AvgIpc) is 2.79. The third kappa shape index (κ3) is 1.84. The zero-order valence-electron chi connectivity index (χ0n) is 9.76. The van der Waals surface area contributed by atoms with E-state index < -0.39 is 0 Å². The summed E-state index contributed by atoms with van der Waals surface area (Å²) in [5.41, 5.74) is 6.31. The fourth-order valence-corrected chi connectivity index (χ4v) is 1.73. The van der Waals surface area contributed by atoms with Crippen molar-refractivity contribution in [1.82, 2.24) is 19.7 Å². The highest BCUT2D eigenvalue weighted by Gasteiger charge is 2.43. The molecule has 0 amide bonds. The van der Waals surface area contributed by atoms with Crippen molar-refractivity contribution in [3.8, 4) is 11.6 Å². The van der Waals surface area contributed by atoms with E-state index in [4.69, 9.17) is 10.3 Å². The molecule has 2 aromatic heterocycles. The molecule has 0 bridgehead atoms. The molecule has 0 spiro atoms.